The van der Waals surface area contributed by atoms with E-state index in [0.717, 1.165) is 12.1 Å². The SMILES string of the molecule is FC(F)(F)c1c[c-]n(-c2cc(-c3ccccc3)cc(C(F)(F)c3cc(-c4ccccc4)cc(-n4[c-]cc(C(F)(F)F)n4)n3)n2)n1.[Pt+2]. The average molecular weight is 820 g/mol. The third-order valence-electron chi connectivity index (χ3n) is 6.56. The van der Waals surface area contributed by atoms with Gasteiger partial charge in [0.1, 0.15) is 11.4 Å². The summed E-state index contributed by atoms with van der Waals surface area (Å²) in [5.41, 5.74) is -3.22. The molecule has 6 nitrogen and oxygen atoms in total. The van der Waals surface area contributed by atoms with Crippen LogP contribution in [0.4, 0.5) is 35.1 Å². The van der Waals surface area contributed by atoms with Crippen molar-refractivity contribution >= 4 is 0 Å². The van der Waals surface area contributed by atoms with Crippen LogP contribution < -0.4 is 0 Å². The summed E-state index contributed by atoms with van der Waals surface area (Å²) >= 11 is 0. The van der Waals surface area contributed by atoms with Crippen molar-refractivity contribution in [3.05, 3.63) is 132 Å². The second kappa shape index (κ2) is 12.2. The molecule has 6 rings (SSSR count). The Kier molecular flexibility index (Phi) is 8.69. The Labute approximate surface area is 269 Å². The van der Waals surface area contributed by atoms with Crippen LogP contribution in [0.25, 0.3) is 33.9 Å². The first kappa shape index (κ1) is 32.7. The molecule has 15 heteroatoms. The van der Waals surface area contributed by atoms with Crippen LogP contribution in [0.15, 0.2) is 97.1 Å². The van der Waals surface area contributed by atoms with Gasteiger partial charge in [0.05, 0.1) is 23.0 Å². The minimum atomic E-state index is -4.82. The zero-order valence-corrected chi connectivity index (χ0v) is 25.0. The molecule has 0 atom stereocenters. The summed E-state index contributed by atoms with van der Waals surface area (Å²) in [6.45, 7) is 0. The molecule has 0 saturated heterocycles. The molecule has 0 aliphatic carbocycles. The molecular weight excluding hydrogens is 803 g/mol. The molecule has 0 spiro atoms. The van der Waals surface area contributed by atoms with E-state index in [1.165, 1.54) is 12.1 Å². The fourth-order valence-corrected chi connectivity index (χ4v) is 4.38. The number of nitrogens with zero attached hydrogens (tertiary/aromatic N) is 6. The molecule has 0 aliphatic heterocycles. The number of alkyl halides is 8. The molecule has 46 heavy (non-hydrogen) atoms. The molecule has 236 valence electrons. The average Bonchev–Trinajstić information content (AvgIpc) is 3.73. The zero-order valence-electron chi connectivity index (χ0n) is 22.8. The summed E-state index contributed by atoms with van der Waals surface area (Å²) in [7, 11) is 0. The Bertz CT molecular complexity index is 1830. The molecular formula is C31H16F8N6Pt. The summed E-state index contributed by atoms with van der Waals surface area (Å²) in [6.07, 6.45) is -5.13. The van der Waals surface area contributed by atoms with E-state index in [2.05, 4.69) is 32.6 Å². The number of rotatable bonds is 6. The Morgan fingerprint density at radius 1 is 0.478 bits per heavy atom. The molecule has 0 fully saturated rings. The third kappa shape index (κ3) is 6.62. The third-order valence-corrected chi connectivity index (χ3v) is 6.56. The van der Waals surface area contributed by atoms with Crippen molar-refractivity contribution in [2.24, 2.45) is 0 Å². The van der Waals surface area contributed by atoms with Gasteiger partial charge in [-0.25, -0.2) is 0 Å². The molecule has 0 bridgehead atoms. The maximum Gasteiger partial charge on any atom is 2.00 e. The van der Waals surface area contributed by atoms with Gasteiger partial charge < -0.3 is 9.36 Å². The summed E-state index contributed by atoms with van der Waals surface area (Å²) in [6, 6.07) is 22.1. The number of hydrogen-bond donors (Lipinski definition) is 0. The van der Waals surface area contributed by atoms with Crippen LogP contribution in [-0.4, -0.2) is 29.5 Å². The summed E-state index contributed by atoms with van der Waals surface area (Å²) in [4.78, 5) is 7.89. The summed E-state index contributed by atoms with van der Waals surface area (Å²) in [5.74, 6) is -4.81. The van der Waals surface area contributed by atoms with Gasteiger partial charge in [-0.05, 0) is 34.4 Å². The standard InChI is InChI=1S/C31H16F8N6.Pt/c32-29(33,25-15-21(19-7-3-1-4-8-19)17-27(40-25)44-13-11-23(42-44)30(34,35)36)26-16-22(20-9-5-2-6-10-20)18-28(41-26)45-14-12-24(43-45)31(37,38)39;/h1-12,15-18H;/q-2;+2. The van der Waals surface area contributed by atoms with Gasteiger partial charge in [0.25, 0.3) is 0 Å². The minimum Gasteiger partial charge on any atom is -0.343 e. The van der Waals surface area contributed by atoms with E-state index in [0.29, 0.717) is 32.6 Å². The van der Waals surface area contributed by atoms with Crippen molar-refractivity contribution in [1.29, 1.82) is 0 Å². The Hall–Kier alpha value is -4.71. The van der Waals surface area contributed by atoms with Crippen LogP contribution in [0.1, 0.15) is 22.8 Å². The van der Waals surface area contributed by atoms with Crippen LogP contribution >= 0.6 is 0 Å². The van der Waals surface area contributed by atoms with Gasteiger partial charge >= 0.3 is 39.3 Å². The maximum absolute atomic E-state index is 16.5. The van der Waals surface area contributed by atoms with Gasteiger partial charge in [0.15, 0.2) is 0 Å². The van der Waals surface area contributed by atoms with Crippen molar-refractivity contribution in [1.82, 2.24) is 29.5 Å². The molecule has 0 N–H and O–H groups in total. The van der Waals surface area contributed by atoms with Crippen LogP contribution in [0.2, 0.25) is 0 Å². The van der Waals surface area contributed by atoms with Crippen LogP contribution in [0.3, 0.4) is 0 Å². The minimum absolute atomic E-state index is 0. The van der Waals surface area contributed by atoms with E-state index < -0.39 is 52.7 Å². The topological polar surface area (TPSA) is 61.4 Å². The van der Waals surface area contributed by atoms with Crippen LogP contribution in [0.5, 0.6) is 0 Å². The second-order valence-corrected chi connectivity index (χ2v) is 9.64. The second-order valence-electron chi connectivity index (χ2n) is 9.64. The van der Waals surface area contributed by atoms with E-state index in [4.69, 9.17) is 0 Å². The van der Waals surface area contributed by atoms with Gasteiger partial charge in [-0.2, -0.15) is 35.1 Å². The van der Waals surface area contributed by atoms with Crippen molar-refractivity contribution in [2.45, 2.75) is 18.3 Å². The predicted molar refractivity (Wildman–Crippen MR) is 144 cm³/mol. The first-order valence-electron chi connectivity index (χ1n) is 12.9. The Morgan fingerprint density at radius 2 is 0.848 bits per heavy atom. The Balaban J connectivity index is 0.00000417. The molecule has 0 radical (unpaired) electrons. The molecule has 0 unspecified atom stereocenters. The number of halogens is 8. The normalized spacial score (nSPS) is 12.2. The maximum atomic E-state index is 16.5. The van der Waals surface area contributed by atoms with E-state index in [1.54, 1.807) is 60.7 Å². The number of pyridine rings is 2. The molecule has 4 heterocycles. The van der Waals surface area contributed by atoms with Gasteiger partial charge in [-0.15, -0.1) is 12.1 Å². The zero-order chi connectivity index (χ0) is 32.0. The molecule has 0 aliphatic rings. The van der Waals surface area contributed by atoms with Crippen molar-refractivity contribution in [3.63, 3.8) is 0 Å². The van der Waals surface area contributed by atoms with Gasteiger partial charge in [0.2, 0.25) is 0 Å². The van der Waals surface area contributed by atoms with E-state index >= 15 is 8.78 Å². The summed E-state index contributed by atoms with van der Waals surface area (Å²) < 4.78 is 114. The van der Waals surface area contributed by atoms with Gasteiger partial charge in [0, 0.05) is 0 Å². The van der Waals surface area contributed by atoms with Crippen molar-refractivity contribution in [2.75, 3.05) is 0 Å². The Morgan fingerprint density at radius 3 is 1.17 bits per heavy atom. The fraction of sp³-hybridized carbons (Fsp3) is 0.0968. The fourth-order valence-electron chi connectivity index (χ4n) is 4.38. The van der Waals surface area contributed by atoms with Crippen molar-refractivity contribution < 1.29 is 56.2 Å². The molecule has 0 amide bonds. The number of hydrogen-bond acceptors (Lipinski definition) is 4. The quantitative estimate of drug-likeness (QED) is 0.127. The van der Waals surface area contributed by atoms with Crippen molar-refractivity contribution in [3.8, 4) is 33.9 Å². The monoisotopic (exact) mass is 819 g/mol. The number of aromatic nitrogens is 6. The van der Waals surface area contributed by atoms with Crippen LogP contribution in [-0.2, 0) is 39.3 Å². The molecule has 0 saturated carbocycles. The number of benzene rings is 2. The largest absolute Gasteiger partial charge is 2.00 e. The van der Waals surface area contributed by atoms with E-state index in [-0.39, 0.29) is 32.2 Å². The first-order valence-corrected chi connectivity index (χ1v) is 12.9. The molecule has 4 aromatic heterocycles. The van der Waals surface area contributed by atoms with Gasteiger partial charge in [-0.3, -0.25) is 20.2 Å². The predicted octanol–water partition coefficient (Wildman–Crippen LogP) is 7.96. The van der Waals surface area contributed by atoms with E-state index in [1.807, 2.05) is 0 Å². The smallest absolute Gasteiger partial charge is 0.343 e. The molecule has 6 aromatic rings. The van der Waals surface area contributed by atoms with Crippen LogP contribution in [0, 0.1) is 12.4 Å². The molecule has 2 aromatic carbocycles. The first-order chi connectivity index (χ1) is 21.3. The van der Waals surface area contributed by atoms with E-state index in [9.17, 15) is 26.3 Å². The van der Waals surface area contributed by atoms with Gasteiger partial charge in [-0.1, -0.05) is 85.2 Å². The summed E-state index contributed by atoms with van der Waals surface area (Å²) in [5, 5.41) is 6.84.